The van der Waals surface area contributed by atoms with Crippen molar-refractivity contribution >= 4 is 0 Å². The van der Waals surface area contributed by atoms with E-state index in [0.717, 1.165) is 5.56 Å². The summed E-state index contributed by atoms with van der Waals surface area (Å²) in [5, 5.41) is 10.1. The van der Waals surface area contributed by atoms with Crippen LogP contribution in [0.25, 0.3) is 0 Å². The average molecular weight is 220 g/mol. The van der Waals surface area contributed by atoms with Gasteiger partial charge in [-0.2, -0.15) is 0 Å². The van der Waals surface area contributed by atoms with Crippen molar-refractivity contribution in [3.05, 3.63) is 28.8 Å². The van der Waals surface area contributed by atoms with Gasteiger partial charge in [-0.25, -0.2) is 0 Å². The smallest absolute Gasteiger partial charge is 0.121 e. The van der Waals surface area contributed by atoms with Gasteiger partial charge in [-0.05, 0) is 43.7 Å². The number of rotatable bonds is 1. The van der Waals surface area contributed by atoms with E-state index in [2.05, 4.69) is 19.1 Å². The Kier molecular flexibility index (Phi) is 4.40. The zero-order valence-electron chi connectivity index (χ0n) is 9.71. The van der Waals surface area contributed by atoms with Crippen LogP contribution >= 0.6 is 0 Å². The Balaban J connectivity index is 0.00000128. The van der Waals surface area contributed by atoms with Gasteiger partial charge >= 0.3 is 0 Å². The molecule has 0 radical (unpaired) electrons. The van der Waals surface area contributed by atoms with Crippen molar-refractivity contribution in [3.63, 3.8) is 0 Å². The Morgan fingerprint density at radius 1 is 1.06 bits per heavy atom. The lowest BCUT2D eigenvalue weighted by Gasteiger charge is -2.23. The second-order valence-electron chi connectivity index (χ2n) is 4.85. The van der Waals surface area contributed by atoms with Crippen molar-refractivity contribution in [2.45, 2.75) is 59.3 Å². The second kappa shape index (κ2) is 5.38. The molecular formula is C15H24O. The highest BCUT2D eigenvalue weighted by molar-refractivity contribution is 5.44. The Labute approximate surface area is 99.5 Å². The fraction of sp³-hybridized carbons (Fsp3) is 0.600. The molecule has 0 saturated heterocycles. The molecule has 1 fully saturated rings. The number of phenols is 1. The van der Waals surface area contributed by atoms with Gasteiger partial charge in [0.1, 0.15) is 5.75 Å². The number of phenolic OH excluding ortho intramolecular Hbond substituents is 1. The lowest BCUT2D eigenvalue weighted by atomic mass is 9.82. The van der Waals surface area contributed by atoms with Crippen LogP contribution in [0.3, 0.4) is 0 Å². The first-order valence-electron chi connectivity index (χ1n) is 5.98. The minimum absolute atomic E-state index is 0. The quantitative estimate of drug-likeness (QED) is 0.727. The topological polar surface area (TPSA) is 20.2 Å². The van der Waals surface area contributed by atoms with Crippen LogP contribution in [0.1, 0.15) is 62.1 Å². The highest BCUT2D eigenvalue weighted by Crippen LogP contribution is 2.38. The van der Waals surface area contributed by atoms with Crippen LogP contribution < -0.4 is 0 Å². The van der Waals surface area contributed by atoms with Gasteiger partial charge in [-0.3, -0.25) is 0 Å². The number of hydrogen-bond acceptors (Lipinski definition) is 1. The molecule has 1 aromatic rings. The lowest BCUT2D eigenvalue weighted by Crippen LogP contribution is -2.05. The first kappa shape index (κ1) is 13.1. The molecule has 0 heterocycles. The van der Waals surface area contributed by atoms with Crippen molar-refractivity contribution in [1.29, 1.82) is 0 Å². The maximum absolute atomic E-state index is 10.1. The van der Waals surface area contributed by atoms with Gasteiger partial charge in [0.05, 0.1) is 0 Å². The molecule has 0 unspecified atom stereocenters. The Morgan fingerprint density at radius 3 is 2.31 bits per heavy atom. The fourth-order valence-corrected chi connectivity index (χ4v) is 2.72. The van der Waals surface area contributed by atoms with Gasteiger partial charge in [0.2, 0.25) is 0 Å². The van der Waals surface area contributed by atoms with Crippen molar-refractivity contribution in [3.8, 4) is 5.75 Å². The Morgan fingerprint density at radius 2 is 1.69 bits per heavy atom. The van der Waals surface area contributed by atoms with Crippen LogP contribution in [0, 0.1) is 13.8 Å². The number of benzene rings is 1. The summed E-state index contributed by atoms with van der Waals surface area (Å²) in [6.45, 7) is 4.10. The summed E-state index contributed by atoms with van der Waals surface area (Å²) in [6.07, 6.45) is 6.49. The van der Waals surface area contributed by atoms with E-state index in [1.165, 1.54) is 43.2 Å². The maximum Gasteiger partial charge on any atom is 0.121 e. The van der Waals surface area contributed by atoms with Crippen LogP contribution in [0.4, 0.5) is 0 Å². The average Bonchev–Trinajstić information content (AvgIpc) is 2.24. The van der Waals surface area contributed by atoms with Gasteiger partial charge in [-0.15, -0.1) is 0 Å². The lowest BCUT2D eigenvalue weighted by molar-refractivity contribution is 0.412. The number of aryl methyl sites for hydroxylation is 2. The van der Waals surface area contributed by atoms with Crippen LogP contribution in [-0.4, -0.2) is 5.11 Å². The SMILES string of the molecule is C.Cc1cc(C)c(O)c(C2CCCCC2)c1. The highest BCUT2D eigenvalue weighted by Gasteiger charge is 2.19. The molecule has 1 heteroatoms. The molecule has 1 N–H and O–H groups in total. The van der Waals surface area contributed by atoms with Crippen molar-refractivity contribution in [2.75, 3.05) is 0 Å². The predicted molar refractivity (Wildman–Crippen MR) is 70.1 cm³/mol. The monoisotopic (exact) mass is 220 g/mol. The molecule has 0 aromatic heterocycles. The van der Waals surface area contributed by atoms with Gasteiger partial charge < -0.3 is 5.11 Å². The molecule has 1 aliphatic rings. The molecule has 90 valence electrons. The van der Waals surface area contributed by atoms with Gasteiger partial charge in [0, 0.05) is 0 Å². The highest BCUT2D eigenvalue weighted by atomic mass is 16.3. The molecular weight excluding hydrogens is 196 g/mol. The zero-order chi connectivity index (χ0) is 10.8. The minimum atomic E-state index is 0. The van der Waals surface area contributed by atoms with E-state index in [9.17, 15) is 5.11 Å². The van der Waals surface area contributed by atoms with Crippen molar-refractivity contribution in [2.24, 2.45) is 0 Å². The van der Waals surface area contributed by atoms with E-state index >= 15 is 0 Å². The summed E-state index contributed by atoms with van der Waals surface area (Å²) >= 11 is 0. The summed E-state index contributed by atoms with van der Waals surface area (Å²) in [7, 11) is 0. The fourth-order valence-electron chi connectivity index (χ4n) is 2.72. The third-order valence-corrected chi connectivity index (χ3v) is 3.52. The van der Waals surface area contributed by atoms with Crippen LogP contribution in [0.15, 0.2) is 12.1 Å². The van der Waals surface area contributed by atoms with Crippen LogP contribution in [0.2, 0.25) is 0 Å². The van der Waals surface area contributed by atoms with E-state index in [-0.39, 0.29) is 7.43 Å². The molecule has 1 nitrogen and oxygen atoms in total. The van der Waals surface area contributed by atoms with Crippen LogP contribution in [0.5, 0.6) is 5.75 Å². The zero-order valence-corrected chi connectivity index (χ0v) is 9.71. The number of aromatic hydroxyl groups is 1. The van der Waals surface area contributed by atoms with Crippen molar-refractivity contribution < 1.29 is 5.11 Å². The molecule has 0 amide bonds. The summed E-state index contributed by atoms with van der Waals surface area (Å²) in [6, 6.07) is 4.22. The summed E-state index contributed by atoms with van der Waals surface area (Å²) in [4.78, 5) is 0. The van der Waals surface area contributed by atoms with E-state index in [1.807, 2.05) is 6.92 Å². The summed E-state index contributed by atoms with van der Waals surface area (Å²) in [5.41, 5.74) is 3.48. The first-order chi connectivity index (χ1) is 7.18. The normalized spacial score (nSPS) is 16.9. The van der Waals surface area contributed by atoms with Gasteiger partial charge in [-0.1, -0.05) is 44.4 Å². The summed E-state index contributed by atoms with van der Waals surface area (Å²) < 4.78 is 0. The van der Waals surface area contributed by atoms with E-state index in [4.69, 9.17) is 0 Å². The molecule has 16 heavy (non-hydrogen) atoms. The molecule has 0 atom stereocenters. The molecule has 2 rings (SSSR count). The van der Waals surface area contributed by atoms with Crippen LogP contribution in [-0.2, 0) is 0 Å². The van der Waals surface area contributed by atoms with E-state index in [1.54, 1.807) is 0 Å². The molecule has 0 bridgehead atoms. The molecule has 1 aliphatic carbocycles. The standard InChI is InChI=1S/C14H20O.CH4/c1-10-8-11(2)14(15)13(9-10)12-6-4-3-5-7-12;/h8-9,12,15H,3-7H2,1-2H3;1H4. The second-order valence-corrected chi connectivity index (χ2v) is 4.85. The molecule has 0 spiro atoms. The largest absolute Gasteiger partial charge is 0.507 e. The first-order valence-corrected chi connectivity index (χ1v) is 5.98. The van der Waals surface area contributed by atoms with E-state index < -0.39 is 0 Å². The van der Waals surface area contributed by atoms with E-state index in [0.29, 0.717) is 11.7 Å². The molecule has 0 aliphatic heterocycles. The molecule has 1 saturated carbocycles. The third-order valence-electron chi connectivity index (χ3n) is 3.52. The maximum atomic E-state index is 10.1. The Bertz CT molecular complexity index is 349. The predicted octanol–water partition coefficient (Wildman–Crippen LogP) is 4.69. The van der Waals surface area contributed by atoms with Gasteiger partial charge in [0.15, 0.2) is 0 Å². The summed E-state index contributed by atoms with van der Waals surface area (Å²) in [5.74, 6) is 1.13. The minimum Gasteiger partial charge on any atom is -0.507 e. The van der Waals surface area contributed by atoms with Crippen molar-refractivity contribution in [1.82, 2.24) is 0 Å². The van der Waals surface area contributed by atoms with Gasteiger partial charge in [0.25, 0.3) is 0 Å². The molecule has 1 aromatic carbocycles. The number of hydrogen-bond donors (Lipinski definition) is 1. The Hall–Kier alpha value is -0.980. The third kappa shape index (κ3) is 2.58.